The second-order valence-electron chi connectivity index (χ2n) is 3.78. The molecule has 0 fully saturated rings. The zero-order valence-electron chi connectivity index (χ0n) is 9.86. The lowest BCUT2D eigenvalue weighted by Crippen LogP contribution is -2.02. The normalized spacial score (nSPS) is 9.63. The lowest BCUT2D eigenvalue weighted by atomic mass is 10.2. The average Bonchev–Trinajstić information content (AvgIpc) is 2.81. The van der Waals surface area contributed by atoms with Gasteiger partial charge in [-0.15, -0.1) is 0 Å². The average molecular weight is 253 g/mol. The molecule has 92 valence electrons. The fraction of sp³-hybridized carbons (Fsp3) is 0.0833. The van der Waals surface area contributed by atoms with Gasteiger partial charge in [-0.3, -0.25) is 14.7 Å². The van der Waals surface area contributed by atoms with Gasteiger partial charge in [0.2, 0.25) is 0 Å². The molecule has 2 aromatic rings. The number of nitro groups is 1. The molecule has 7 heteroatoms. The Hall–Kier alpha value is -3.19. The fourth-order valence-corrected chi connectivity index (χ4v) is 1.70. The zero-order chi connectivity index (χ0) is 14.0. The number of aromatic nitrogens is 2. The minimum atomic E-state index is -0.532. The topological polar surface area (TPSA) is 109 Å². The van der Waals surface area contributed by atoms with Gasteiger partial charge in [0.15, 0.2) is 11.4 Å². The summed E-state index contributed by atoms with van der Waals surface area (Å²) in [6.07, 6.45) is 1.23. The molecule has 0 amide bonds. The van der Waals surface area contributed by atoms with E-state index in [0.717, 1.165) is 5.56 Å². The summed E-state index contributed by atoms with van der Waals surface area (Å²) in [7, 11) is 0. The predicted octanol–water partition coefficient (Wildman–Crippen LogP) is 1.83. The van der Waals surface area contributed by atoms with Crippen LogP contribution in [0.5, 0.6) is 0 Å². The number of nitriles is 2. The lowest BCUT2D eigenvalue weighted by Gasteiger charge is -2.05. The number of rotatable bonds is 2. The van der Waals surface area contributed by atoms with E-state index >= 15 is 0 Å². The molecule has 7 nitrogen and oxygen atoms in total. The van der Waals surface area contributed by atoms with E-state index in [1.807, 2.05) is 6.07 Å². The van der Waals surface area contributed by atoms with Crippen molar-refractivity contribution in [1.29, 1.82) is 10.5 Å². The molecule has 2 rings (SSSR count). The summed E-state index contributed by atoms with van der Waals surface area (Å²) in [5.74, 6) is 0. The van der Waals surface area contributed by atoms with Gasteiger partial charge >= 0.3 is 0 Å². The van der Waals surface area contributed by atoms with Crippen molar-refractivity contribution < 1.29 is 4.92 Å². The van der Waals surface area contributed by atoms with Gasteiger partial charge in [-0.2, -0.15) is 10.5 Å². The van der Waals surface area contributed by atoms with Crippen LogP contribution in [0.4, 0.5) is 5.69 Å². The van der Waals surface area contributed by atoms with Crippen LogP contribution in [0.1, 0.15) is 17.0 Å². The highest BCUT2D eigenvalue weighted by Gasteiger charge is 2.20. The zero-order valence-corrected chi connectivity index (χ0v) is 9.86. The van der Waals surface area contributed by atoms with Crippen LogP contribution in [0.15, 0.2) is 24.5 Å². The van der Waals surface area contributed by atoms with E-state index in [2.05, 4.69) is 4.98 Å². The Morgan fingerprint density at radius 3 is 2.68 bits per heavy atom. The Labute approximate surface area is 108 Å². The summed E-state index contributed by atoms with van der Waals surface area (Å²) >= 11 is 0. The summed E-state index contributed by atoms with van der Waals surface area (Å²) in [5.41, 5.74) is 0.723. The summed E-state index contributed by atoms with van der Waals surface area (Å²) in [4.78, 5) is 14.3. The predicted molar refractivity (Wildman–Crippen MR) is 64.4 cm³/mol. The SMILES string of the molecule is Cc1ccc(-n2cnc(C#N)c2C#N)c([N+](=O)[O-])c1. The molecule has 0 atom stereocenters. The molecule has 0 bridgehead atoms. The lowest BCUT2D eigenvalue weighted by molar-refractivity contribution is -0.384. The summed E-state index contributed by atoms with van der Waals surface area (Å²) < 4.78 is 1.25. The van der Waals surface area contributed by atoms with Crippen molar-refractivity contribution in [3.05, 3.63) is 51.6 Å². The number of imidazole rings is 1. The van der Waals surface area contributed by atoms with E-state index in [1.54, 1.807) is 19.1 Å². The highest BCUT2D eigenvalue weighted by Crippen LogP contribution is 2.25. The Morgan fingerprint density at radius 1 is 1.37 bits per heavy atom. The molecule has 1 heterocycles. The van der Waals surface area contributed by atoms with Crippen LogP contribution in [0.2, 0.25) is 0 Å². The number of nitrogens with zero attached hydrogens (tertiary/aromatic N) is 5. The van der Waals surface area contributed by atoms with Crippen LogP contribution in [-0.2, 0) is 0 Å². The third kappa shape index (κ3) is 2.01. The van der Waals surface area contributed by atoms with Crippen molar-refractivity contribution in [2.75, 3.05) is 0 Å². The molecule has 1 aromatic carbocycles. The number of hydrogen-bond donors (Lipinski definition) is 0. The van der Waals surface area contributed by atoms with E-state index < -0.39 is 4.92 Å². The van der Waals surface area contributed by atoms with Crippen LogP contribution in [0, 0.1) is 39.7 Å². The maximum atomic E-state index is 11.0. The number of hydrogen-bond acceptors (Lipinski definition) is 5. The molecule has 0 spiro atoms. The molecular formula is C12H7N5O2. The monoisotopic (exact) mass is 253 g/mol. The van der Waals surface area contributed by atoms with Crippen molar-refractivity contribution in [1.82, 2.24) is 9.55 Å². The molecule has 0 unspecified atom stereocenters. The van der Waals surface area contributed by atoms with Crippen LogP contribution < -0.4 is 0 Å². The molecular weight excluding hydrogens is 246 g/mol. The van der Waals surface area contributed by atoms with Crippen molar-refractivity contribution >= 4 is 5.69 Å². The van der Waals surface area contributed by atoms with Crippen LogP contribution in [0.25, 0.3) is 5.69 Å². The first-order chi connectivity index (χ1) is 9.08. The second-order valence-corrected chi connectivity index (χ2v) is 3.78. The van der Waals surface area contributed by atoms with Crippen LogP contribution >= 0.6 is 0 Å². The molecule has 0 saturated heterocycles. The number of benzene rings is 1. The molecule has 0 aliphatic carbocycles. The standard InChI is InChI=1S/C12H7N5O2/c1-8-2-3-10(11(4-8)17(18)19)16-7-15-9(5-13)12(16)6-14/h2-4,7H,1H3. The van der Waals surface area contributed by atoms with Gasteiger partial charge < -0.3 is 0 Å². The van der Waals surface area contributed by atoms with Crippen molar-refractivity contribution in [2.24, 2.45) is 0 Å². The van der Waals surface area contributed by atoms with Crippen molar-refractivity contribution in [3.8, 4) is 17.8 Å². The Kier molecular flexibility index (Phi) is 2.96. The summed E-state index contributed by atoms with van der Waals surface area (Å²) in [5, 5.41) is 28.9. The summed E-state index contributed by atoms with van der Waals surface area (Å²) in [6.45, 7) is 1.73. The molecule has 1 aromatic heterocycles. The van der Waals surface area contributed by atoms with Gasteiger partial charge in [0.25, 0.3) is 5.69 Å². The number of aryl methyl sites for hydroxylation is 1. The van der Waals surface area contributed by atoms with Gasteiger partial charge in [-0.05, 0) is 18.6 Å². The van der Waals surface area contributed by atoms with Crippen molar-refractivity contribution in [2.45, 2.75) is 6.92 Å². The fourth-order valence-electron chi connectivity index (χ4n) is 1.70. The van der Waals surface area contributed by atoms with E-state index in [1.165, 1.54) is 23.0 Å². The van der Waals surface area contributed by atoms with Gasteiger partial charge in [0.05, 0.1) is 4.92 Å². The minimum absolute atomic E-state index is 0.0190. The highest BCUT2D eigenvalue weighted by atomic mass is 16.6. The van der Waals surface area contributed by atoms with Crippen LogP contribution in [0.3, 0.4) is 0 Å². The molecule has 0 N–H and O–H groups in total. The van der Waals surface area contributed by atoms with Gasteiger partial charge in [0.1, 0.15) is 24.2 Å². The van der Waals surface area contributed by atoms with Gasteiger partial charge in [-0.1, -0.05) is 6.07 Å². The molecule has 0 aliphatic heterocycles. The minimum Gasteiger partial charge on any atom is -0.283 e. The Morgan fingerprint density at radius 2 is 2.11 bits per heavy atom. The quantitative estimate of drug-likeness (QED) is 0.599. The first-order valence-corrected chi connectivity index (χ1v) is 5.21. The molecule has 0 saturated carbocycles. The van der Waals surface area contributed by atoms with E-state index in [9.17, 15) is 10.1 Å². The first-order valence-electron chi connectivity index (χ1n) is 5.21. The second kappa shape index (κ2) is 4.59. The number of nitro benzene ring substituents is 1. The molecule has 0 aliphatic rings. The smallest absolute Gasteiger partial charge is 0.283 e. The third-order valence-corrected chi connectivity index (χ3v) is 2.57. The van der Waals surface area contributed by atoms with Crippen LogP contribution in [-0.4, -0.2) is 14.5 Å². The third-order valence-electron chi connectivity index (χ3n) is 2.57. The Balaban J connectivity index is 2.74. The van der Waals surface area contributed by atoms with Gasteiger partial charge in [-0.25, -0.2) is 4.98 Å². The largest absolute Gasteiger partial charge is 0.293 e. The van der Waals surface area contributed by atoms with Crippen molar-refractivity contribution in [3.63, 3.8) is 0 Å². The maximum absolute atomic E-state index is 11.0. The van der Waals surface area contributed by atoms with E-state index in [0.29, 0.717) is 0 Å². The summed E-state index contributed by atoms with van der Waals surface area (Å²) in [6, 6.07) is 8.22. The molecule has 0 radical (unpaired) electrons. The van der Waals surface area contributed by atoms with E-state index in [-0.39, 0.29) is 22.8 Å². The van der Waals surface area contributed by atoms with Gasteiger partial charge in [0, 0.05) is 6.07 Å². The first kappa shape index (κ1) is 12.3. The van der Waals surface area contributed by atoms with E-state index in [4.69, 9.17) is 10.5 Å². The highest BCUT2D eigenvalue weighted by molar-refractivity contribution is 5.57. The molecule has 19 heavy (non-hydrogen) atoms. The maximum Gasteiger partial charge on any atom is 0.293 e. The Bertz CT molecular complexity index is 748.